The van der Waals surface area contributed by atoms with Gasteiger partial charge in [-0.15, -0.1) is 0 Å². The second kappa shape index (κ2) is 5.38. The van der Waals surface area contributed by atoms with Gasteiger partial charge in [0.1, 0.15) is 0 Å². The van der Waals surface area contributed by atoms with E-state index in [1.165, 1.54) is 12.8 Å². The van der Waals surface area contributed by atoms with Crippen LogP contribution in [0.1, 0.15) is 38.2 Å². The number of hydrogen-bond acceptors (Lipinski definition) is 2. The topological polar surface area (TPSA) is 35.2 Å². The van der Waals surface area contributed by atoms with E-state index in [1.54, 1.807) is 0 Å². The Balaban J connectivity index is 1.97. The summed E-state index contributed by atoms with van der Waals surface area (Å²) in [7, 11) is 0. The Morgan fingerprint density at radius 1 is 1.53 bits per heavy atom. The average molecular weight is 254 g/mol. The lowest BCUT2D eigenvalue weighted by Gasteiger charge is -2.26. The predicted octanol–water partition coefficient (Wildman–Crippen LogP) is 3.47. The van der Waals surface area contributed by atoms with Gasteiger partial charge in [0.05, 0.1) is 6.10 Å². The van der Waals surface area contributed by atoms with Gasteiger partial charge in [-0.2, -0.15) is 0 Å². The van der Waals surface area contributed by atoms with Crippen LogP contribution in [0.15, 0.2) is 24.3 Å². The van der Waals surface area contributed by atoms with Crippen molar-refractivity contribution in [2.45, 2.75) is 44.2 Å². The lowest BCUT2D eigenvalue weighted by atomic mass is 9.87. The van der Waals surface area contributed by atoms with Crippen LogP contribution in [0.25, 0.3) is 0 Å². The van der Waals surface area contributed by atoms with Crippen LogP contribution in [0, 0.1) is 0 Å². The zero-order chi connectivity index (χ0) is 12.3. The van der Waals surface area contributed by atoms with Crippen molar-refractivity contribution in [1.82, 2.24) is 0 Å². The van der Waals surface area contributed by atoms with E-state index in [0.29, 0.717) is 6.10 Å². The third-order valence-corrected chi connectivity index (χ3v) is 3.73. The summed E-state index contributed by atoms with van der Waals surface area (Å²) < 4.78 is 5.63. The Kier molecular flexibility index (Phi) is 4.08. The zero-order valence-electron chi connectivity index (χ0n) is 10.3. The van der Waals surface area contributed by atoms with E-state index in [9.17, 15) is 0 Å². The highest BCUT2D eigenvalue weighted by atomic mass is 35.5. The predicted molar refractivity (Wildman–Crippen MR) is 71.2 cm³/mol. The molecule has 2 N–H and O–H groups in total. The molecule has 2 rings (SSSR count). The van der Waals surface area contributed by atoms with Crippen LogP contribution < -0.4 is 5.73 Å². The van der Waals surface area contributed by atoms with Gasteiger partial charge in [0, 0.05) is 17.2 Å². The maximum atomic E-state index is 6.37. The Hall–Kier alpha value is -0.570. The summed E-state index contributed by atoms with van der Waals surface area (Å²) in [6, 6.07) is 7.83. The number of benzene rings is 1. The zero-order valence-corrected chi connectivity index (χ0v) is 11.0. The fourth-order valence-electron chi connectivity index (χ4n) is 2.32. The molecule has 3 heteroatoms. The molecular weight excluding hydrogens is 234 g/mol. The molecule has 1 fully saturated rings. The van der Waals surface area contributed by atoms with Crippen LogP contribution >= 0.6 is 11.6 Å². The summed E-state index contributed by atoms with van der Waals surface area (Å²) in [5.41, 5.74) is 7.15. The van der Waals surface area contributed by atoms with E-state index in [-0.39, 0.29) is 5.54 Å². The summed E-state index contributed by atoms with van der Waals surface area (Å²) >= 11 is 6.00. The van der Waals surface area contributed by atoms with Gasteiger partial charge >= 0.3 is 0 Å². The van der Waals surface area contributed by atoms with Crippen molar-refractivity contribution in [2.75, 3.05) is 6.61 Å². The maximum absolute atomic E-state index is 6.37. The average Bonchev–Trinajstić information content (AvgIpc) is 2.79. The second-order valence-electron chi connectivity index (χ2n) is 5.10. The molecule has 0 aromatic heterocycles. The van der Waals surface area contributed by atoms with Gasteiger partial charge < -0.3 is 10.5 Å². The van der Waals surface area contributed by atoms with Crippen LogP contribution in [0.3, 0.4) is 0 Å². The molecule has 1 heterocycles. The van der Waals surface area contributed by atoms with E-state index >= 15 is 0 Å². The third-order valence-electron chi connectivity index (χ3n) is 3.49. The molecule has 2 nitrogen and oxygen atoms in total. The van der Waals surface area contributed by atoms with Crippen molar-refractivity contribution >= 4 is 11.6 Å². The summed E-state index contributed by atoms with van der Waals surface area (Å²) in [6.45, 7) is 2.97. The number of nitrogens with two attached hydrogens (primary N) is 1. The van der Waals surface area contributed by atoms with Crippen LogP contribution in [0.2, 0.25) is 5.02 Å². The molecule has 1 aromatic rings. The molecule has 0 saturated carbocycles. The van der Waals surface area contributed by atoms with E-state index in [0.717, 1.165) is 30.0 Å². The molecule has 1 aliphatic rings. The lowest BCUT2D eigenvalue weighted by molar-refractivity contribution is 0.0967. The number of ether oxygens (including phenoxy) is 1. The summed E-state index contributed by atoms with van der Waals surface area (Å²) in [4.78, 5) is 0. The first-order valence-electron chi connectivity index (χ1n) is 6.24. The maximum Gasteiger partial charge on any atom is 0.0576 e. The SMILES string of the molecule is CC(N)(CCC1CCCO1)c1cccc(Cl)c1. The largest absolute Gasteiger partial charge is 0.378 e. The standard InChI is InChI=1S/C14H20ClNO/c1-14(16,8-7-13-6-3-9-17-13)11-4-2-5-12(15)10-11/h2,4-5,10,13H,3,6-9,16H2,1H3. The fraction of sp³-hybridized carbons (Fsp3) is 0.571. The van der Waals surface area contributed by atoms with Gasteiger partial charge in [0.15, 0.2) is 0 Å². The Morgan fingerprint density at radius 3 is 3.00 bits per heavy atom. The molecule has 2 atom stereocenters. The van der Waals surface area contributed by atoms with E-state index in [4.69, 9.17) is 22.1 Å². The normalized spacial score (nSPS) is 23.6. The fourth-order valence-corrected chi connectivity index (χ4v) is 2.51. The first-order valence-corrected chi connectivity index (χ1v) is 6.62. The van der Waals surface area contributed by atoms with E-state index in [2.05, 4.69) is 6.92 Å². The van der Waals surface area contributed by atoms with Gasteiger partial charge in [-0.05, 0) is 50.3 Å². The number of rotatable bonds is 4. The molecule has 17 heavy (non-hydrogen) atoms. The van der Waals surface area contributed by atoms with E-state index < -0.39 is 0 Å². The van der Waals surface area contributed by atoms with Crippen molar-refractivity contribution in [1.29, 1.82) is 0 Å². The minimum absolute atomic E-state index is 0.323. The van der Waals surface area contributed by atoms with Gasteiger partial charge in [-0.3, -0.25) is 0 Å². The smallest absolute Gasteiger partial charge is 0.0576 e. The third kappa shape index (κ3) is 3.44. The summed E-state index contributed by atoms with van der Waals surface area (Å²) in [5.74, 6) is 0. The molecular formula is C14H20ClNO. The number of halogens is 1. The van der Waals surface area contributed by atoms with E-state index in [1.807, 2.05) is 24.3 Å². The molecule has 0 spiro atoms. The Bertz CT molecular complexity index is 372. The highest BCUT2D eigenvalue weighted by molar-refractivity contribution is 6.30. The van der Waals surface area contributed by atoms with Crippen molar-refractivity contribution in [3.63, 3.8) is 0 Å². The van der Waals surface area contributed by atoms with Crippen molar-refractivity contribution in [3.05, 3.63) is 34.9 Å². The highest BCUT2D eigenvalue weighted by Crippen LogP contribution is 2.28. The van der Waals surface area contributed by atoms with Crippen molar-refractivity contribution < 1.29 is 4.74 Å². The van der Waals surface area contributed by atoms with Gasteiger partial charge in [0.25, 0.3) is 0 Å². The molecule has 0 amide bonds. The Labute approximate surface area is 108 Å². The second-order valence-corrected chi connectivity index (χ2v) is 5.54. The van der Waals surface area contributed by atoms with Crippen LogP contribution in [-0.2, 0) is 10.3 Å². The van der Waals surface area contributed by atoms with Crippen LogP contribution in [-0.4, -0.2) is 12.7 Å². The summed E-state index contributed by atoms with van der Waals surface area (Å²) in [5, 5.41) is 0.747. The first kappa shape index (κ1) is 12.9. The molecule has 1 aliphatic heterocycles. The van der Waals surface area contributed by atoms with Gasteiger partial charge in [0.2, 0.25) is 0 Å². The monoisotopic (exact) mass is 253 g/mol. The molecule has 0 bridgehead atoms. The van der Waals surface area contributed by atoms with Gasteiger partial charge in [-0.25, -0.2) is 0 Å². The molecule has 1 saturated heterocycles. The molecule has 1 aromatic carbocycles. The molecule has 94 valence electrons. The quantitative estimate of drug-likeness (QED) is 0.892. The minimum atomic E-state index is -0.323. The number of hydrogen-bond donors (Lipinski definition) is 1. The van der Waals surface area contributed by atoms with Crippen LogP contribution in [0.4, 0.5) is 0 Å². The first-order chi connectivity index (χ1) is 8.08. The molecule has 0 aliphatic carbocycles. The lowest BCUT2D eigenvalue weighted by Crippen LogP contribution is -2.34. The van der Waals surface area contributed by atoms with Crippen molar-refractivity contribution in [3.8, 4) is 0 Å². The summed E-state index contributed by atoms with van der Waals surface area (Å²) in [6.07, 6.45) is 4.71. The highest BCUT2D eigenvalue weighted by Gasteiger charge is 2.24. The molecule has 2 unspecified atom stereocenters. The minimum Gasteiger partial charge on any atom is -0.378 e. The van der Waals surface area contributed by atoms with Gasteiger partial charge in [-0.1, -0.05) is 23.7 Å². The molecule has 0 radical (unpaired) electrons. The van der Waals surface area contributed by atoms with Crippen molar-refractivity contribution in [2.24, 2.45) is 5.73 Å². The van der Waals surface area contributed by atoms with Crippen LogP contribution in [0.5, 0.6) is 0 Å². The Morgan fingerprint density at radius 2 is 2.35 bits per heavy atom.